The van der Waals surface area contributed by atoms with Crippen LogP contribution < -0.4 is 5.32 Å². The number of rotatable bonds is 7. The minimum Gasteiger partial charge on any atom is -0.378 e. The predicted molar refractivity (Wildman–Crippen MR) is 75.3 cm³/mol. The van der Waals surface area contributed by atoms with Crippen molar-refractivity contribution in [2.45, 2.75) is 0 Å². The Balaban J connectivity index is 1.75. The first-order valence-electron chi connectivity index (χ1n) is 5.92. The highest BCUT2D eigenvalue weighted by Crippen LogP contribution is 2.24. The molecule has 0 radical (unpaired) electrons. The highest BCUT2D eigenvalue weighted by molar-refractivity contribution is 7.17. The summed E-state index contributed by atoms with van der Waals surface area (Å²) in [6.45, 7) is 3.15. The summed E-state index contributed by atoms with van der Waals surface area (Å²) in [5.74, 6) is 0.895. The number of nitrogens with one attached hydrogen (secondary N) is 1. The molecule has 0 aliphatic heterocycles. The van der Waals surface area contributed by atoms with Crippen LogP contribution in [0, 0.1) is 0 Å². The van der Waals surface area contributed by atoms with Crippen LogP contribution in [0.25, 0.3) is 10.2 Å². The molecule has 0 aliphatic carbocycles. The van der Waals surface area contributed by atoms with Crippen molar-refractivity contribution in [1.82, 2.24) is 14.9 Å². The molecular weight excluding hydrogens is 248 g/mol. The Morgan fingerprint density at radius 2 is 2.22 bits per heavy atom. The molecule has 0 saturated heterocycles. The van der Waals surface area contributed by atoms with Crippen molar-refractivity contribution in [3.05, 3.63) is 17.8 Å². The molecule has 98 valence electrons. The van der Waals surface area contributed by atoms with E-state index in [9.17, 15) is 0 Å². The summed E-state index contributed by atoms with van der Waals surface area (Å²) in [5.41, 5.74) is 0.992. The van der Waals surface area contributed by atoms with Crippen molar-refractivity contribution in [3.63, 3.8) is 0 Å². The molecule has 2 heterocycles. The van der Waals surface area contributed by atoms with Crippen LogP contribution in [0.1, 0.15) is 0 Å². The Bertz CT molecular complexity index is 486. The van der Waals surface area contributed by atoms with Crippen LogP contribution in [-0.4, -0.2) is 55.3 Å². The number of hydrogen-bond acceptors (Lipinski definition) is 6. The lowest BCUT2D eigenvalue weighted by Crippen LogP contribution is -2.20. The molecule has 5 nitrogen and oxygen atoms in total. The second-order valence-electron chi connectivity index (χ2n) is 4.20. The van der Waals surface area contributed by atoms with Gasteiger partial charge in [-0.2, -0.15) is 0 Å². The van der Waals surface area contributed by atoms with Gasteiger partial charge in [-0.1, -0.05) is 0 Å². The predicted octanol–water partition coefficient (Wildman–Crippen LogP) is 1.68. The molecule has 2 aromatic heterocycles. The number of nitrogens with zero attached hydrogens (tertiary/aromatic N) is 3. The van der Waals surface area contributed by atoms with Crippen molar-refractivity contribution in [2.24, 2.45) is 0 Å². The van der Waals surface area contributed by atoms with Gasteiger partial charge in [-0.25, -0.2) is 9.97 Å². The van der Waals surface area contributed by atoms with Crippen LogP contribution in [0.4, 0.5) is 5.82 Å². The SMILES string of the molecule is CN(C)CCOCCNc1ncnc2ccsc12. The van der Waals surface area contributed by atoms with E-state index in [0.29, 0.717) is 6.61 Å². The van der Waals surface area contributed by atoms with Gasteiger partial charge in [0.2, 0.25) is 0 Å². The summed E-state index contributed by atoms with van der Waals surface area (Å²) in [5, 5.41) is 5.31. The molecule has 0 spiro atoms. The van der Waals surface area contributed by atoms with Gasteiger partial charge in [-0.05, 0) is 25.5 Å². The molecule has 0 atom stereocenters. The van der Waals surface area contributed by atoms with E-state index in [1.54, 1.807) is 17.7 Å². The van der Waals surface area contributed by atoms with E-state index < -0.39 is 0 Å². The highest BCUT2D eigenvalue weighted by atomic mass is 32.1. The quantitative estimate of drug-likeness (QED) is 0.773. The first-order valence-corrected chi connectivity index (χ1v) is 6.80. The van der Waals surface area contributed by atoms with E-state index >= 15 is 0 Å². The van der Waals surface area contributed by atoms with Crippen LogP contribution in [0.2, 0.25) is 0 Å². The lowest BCUT2D eigenvalue weighted by molar-refractivity contribution is 0.126. The van der Waals surface area contributed by atoms with Crippen LogP contribution in [0.3, 0.4) is 0 Å². The topological polar surface area (TPSA) is 50.3 Å². The van der Waals surface area contributed by atoms with Gasteiger partial charge in [0.05, 0.1) is 23.4 Å². The average molecular weight is 266 g/mol. The number of ether oxygens (including phenoxy) is 1. The summed E-state index contributed by atoms with van der Waals surface area (Å²) >= 11 is 1.65. The monoisotopic (exact) mass is 266 g/mol. The third-order valence-corrected chi connectivity index (χ3v) is 3.38. The fraction of sp³-hybridized carbons (Fsp3) is 0.500. The molecule has 0 amide bonds. The smallest absolute Gasteiger partial charge is 0.147 e. The van der Waals surface area contributed by atoms with E-state index in [0.717, 1.165) is 35.7 Å². The fourth-order valence-corrected chi connectivity index (χ4v) is 2.32. The van der Waals surface area contributed by atoms with E-state index in [-0.39, 0.29) is 0 Å². The van der Waals surface area contributed by atoms with Crippen molar-refractivity contribution >= 4 is 27.4 Å². The van der Waals surface area contributed by atoms with Gasteiger partial charge in [0.25, 0.3) is 0 Å². The van der Waals surface area contributed by atoms with Crippen molar-refractivity contribution in [3.8, 4) is 0 Å². The molecule has 6 heteroatoms. The minimum absolute atomic E-state index is 0.685. The first-order chi connectivity index (χ1) is 8.77. The summed E-state index contributed by atoms with van der Waals surface area (Å²) < 4.78 is 6.62. The maximum Gasteiger partial charge on any atom is 0.147 e. The molecule has 18 heavy (non-hydrogen) atoms. The van der Waals surface area contributed by atoms with Crippen molar-refractivity contribution < 1.29 is 4.74 Å². The van der Waals surface area contributed by atoms with Crippen molar-refractivity contribution in [1.29, 1.82) is 0 Å². The van der Waals surface area contributed by atoms with Crippen LogP contribution in [0.15, 0.2) is 17.8 Å². The summed E-state index contributed by atoms with van der Waals surface area (Å²) in [6, 6.07) is 2.00. The molecule has 0 unspecified atom stereocenters. The molecule has 0 fully saturated rings. The maximum atomic E-state index is 5.52. The molecule has 1 N–H and O–H groups in total. The zero-order chi connectivity index (χ0) is 12.8. The van der Waals surface area contributed by atoms with Crippen LogP contribution in [-0.2, 0) is 4.74 Å². The standard InChI is InChI=1S/C12H18N4OS/c1-16(2)5-7-17-6-4-13-12-11-10(3-8-18-11)14-9-15-12/h3,8-9H,4-7H2,1-2H3,(H,13,14,15). The second-order valence-corrected chi connectivity index (χ2v) is 5.12. The largest absolute Gasteiger partial charge is 0.378 e. The molecule has 0 saturated carbocycles. The van der Waals surface area contributed by atoms with Gasteiger partial charge >= 0.3 is 0 Å². The maximum absolute atomic E-state index is 5.52. The van der Waals surface area contributed by atoms with E-state index in [4.69, 9.17) is 4.74 Å². The Labute approximate surface area is 111 Å². The average Bonchev–Trinajstić information content (AvgIpc) is 2.82. The van der Waals surface area contributed by atoms with Crippen LogP contribution >= 0.6 is 11.3 Å². The molecule has 0 aromatic carbocycles. The van der Waals surface area contributed by atoms with Gasteiger partial charge < -0.3 is 15.0 Å². The fourth-order valence-electron chi connectivity index (χ4n) is 1.51. The third kappa shape index (κ3) is 3.63. The molecule has 0 aliphatic rings. The second kappa shape index (κ2) is 6.63. The number of fused-ring (bicyclic) bond motifs is 1. The zero-order valence-corrected chi connectivity index (χ0v) is 11.5. The first kappa shape index (κ1) is 13.2. The van der Waals surface area contributed by atoms with E-state index in [1.807, 2.05) is 25.5 Å². The Kier molecular flexibility index (Phi) is 4.86. The molecular formula is C12H18N4OS. The van der Waals surface area contributed by atoms with Gasteiger partial charge in [-0.15, -0.1) is 11.3 Å². The van der Waals surface area contributed by atoms with E-state index in [1.165, 1.54) is 0 Å². The number of likely N-dealkylation sites (N-methyl/N-ethyl adjacent to an activating group) is 1. The van der Waals surface area contributed by atoms with Gasteiger partial charge in [0.1, 0.15) is 12.1 Å². The van der Waals surface area contributed by atoms with E-state index in [2.05, 4.69) is 20.2 Å². The number of thiophene rings is 1. The molecule has 0 bridgehead atoms. The third-order valence-electron chi connectivity index (χ3n) is 2.46. The number of anilines is 1. The molecule has 2 aromatic rings. The Hall–Kier alpha value is -1.24. The Morgan fingerprint density at radius 3 is 3.06 bits per heavy atom. The lowest BCUT2D eigenvalue weighted by Gasteiger charge is -2.10. The number of hydrogen-bond donors (Lipinski definition) is 1. The van der Waals surface area contributed by atoms with Crippen molar-refractivity contribution in [2.75, 3.05) is 45.7 Å². The van der Waals surface area contributed by atoms with Gasteiger partial charge in [-0.3, -0.25) is 0 Å². The van der Waals surface area contributed by atoms with Gasteiger partial charge in [0.15, 0.2) is 0 Å². The zero-order valence-electron chi connectivity index (χ0n) is 10.7. The van der Waals surface area contributed by atoms with Gasteiger partial charge in [0, 0.05) is 13.1 Å². The minimum atomic E-state index is 0.685. The Morgan fingerprint density at radius 1 is 1.33 bits per heavy atom. The number of aromatic nitrogens is 2. The molecule has 2 rings (SSSR count). The lowest BCUT2D eigenvalue weighted by atomic mass is 10.4. The highest BCUT2D eigenvalue weighted by Gasteiger charge is 2.03. The van der Waals surface area contributed by atoms with Crippen LogP contribution in [0.5, 0.6) is 0 Å². The summed E-state index contributed by atoms with van der Waals surface area (Å²) in [7, 11) is 4.08. The summed E-state index contributed by atoms with van der Waals surface area (Å²) in [4.78, 5) is 10.6. The summed E-state index contributed by atoms with van der Waals surface area (Å²) in [6.07, 6.45) is 1.59. The normalized spacial score (nSPS) is 11.3.